The second-order valence-electron chi connectivity index (χ2n) is 4.44. The minimum atomic E-state index is -0.0259. The highest BCUT2D eigenvalue weighted by Gasteiger charge is 2.26. The van der Waals surface area contributed by atoms with Crippen molar-refractivity contribution < 1.29 is 14.3 Å². The van der Waals surface area contributed by atoms with Crippen molar-refractivity contribution in [3.63, 3.8) is 0 Å². The first-order valence-electron chi connectivity index (χ1n) is 6.74. The fourth-order valence-corrected chi connectivity index (χ4v) is 2.25. The summed E-state index contributed by atoms with van der Waals surface area (Å²) in [5.41, 5.74) is 0. The van der Waals surface area contributed by atoms with E-state index in [4.69, 9.17) is 9.47 Å². The number of esters is 1. The van der Waals surface area contributed by atoms with Gasteiger partial charge in [0.25, 0.3) is 0 Å². The number of piperidine rings is 1. The minimum absolute atomic E-state index is 0.0259. The number of hydrogen-bond acceptors (Lipinski definition) is 4. The van der Waals surface area contributed by atoms with Crippen LogP contribution in [0, 0.1) is 5.92 Å². The zero-order chi connectivity index (χ0) is 12.5. The van der Waals surface area contributed by atoms with Crippen LogP contribution in [0.2, 0.25) is 0 Å². The molecule has 0 aromatic rings. The molecule has 0 spiro atoms. The van der Waals surface area contributed by atoms with Crippen LogP contribution in [-0.2, 0) is 14.3 Å². The second kappa shape index (κ2) is 8.48. The molecule has 0 aromatic carbocycles. The van der Waals surface area contributed by atoms with E-state index in [0.29, 0.717) is 6.61 Å². The van der Waals surface area contributed by atoms with Crippen molar-refractivity contribution in [3.8, 4) is 0 Å². The molecule has 0 saturated carbocycles. The summed E-state index contributed by atoms with van der Waals surface area (Å²) in [4.78, 5) is 14.0. The maximum atomic E-state index is 11.6. The molecule has 0 N–H and O–H groups in total. The lowest BCUT2D eigenvalue weighted by Crippen LogP contribution is -2.40. The van der Waals surface area contributed by atoms with Crippen molar-refractivity contribution in [2.45, 2.75) is 33.1 Å². The van der Waals surface area contributed by atoms with E-state index in [9.17, 15) is 4.79 Å². The van der Waals surface area contributed by atoms with E-state index < -0.39 is 0 Å². The molecule has 1 aliphatic rings. The summed E-state index contributed by atoms with van der Waals surface area (Å²) in [5, 5.41) is 0. The topological polar surface area (TPSA) is 38.8 Å². The molecule has 1 saturated heterocycles. The quantitative estimate of drug-likeness (QED) is 0.504. The molecule has 100 valence electrons. The predicted molar refractivity (Wildman–Crippen MR) is 66.9 cm³/mol. The highest BCUT2D eigenvalue weighted by molar-refractivity contribution is 5.72. The van der Waals surface area contributed by atoms with Gasteiger partial charge in [-0.25, -0.2) is 0 Å². The highest BCUT2D eigenvalue weighted by atomic mass is 16.5. The van der Waals surface area contributed by atoms with Crippen LogP contribution in [-0.4, -0.2) is 50.3 Å². The van der Waals surface area contributed by atoms with Crippen LogP contribution in [0.1, 0.15) is 33.1 Å². The summed E-state index contributed by atoms with van der Waals surface area (Å²) < 4.78 is 10.4. The van der Waals surface area contributed by atoms with Gasteiger partial charge in [0, 0.05) is 26.3 Å². The third kappa shape index (κ3) is 5.50. The van der Waals surface area contributed by atoms with Crippen LogP contribution in [0.4, 0.5) is 0 Å². The summed E-state index contributed by atoms with van der Waals surface area (Å²) in [6.45, 7) is 8.93. The van der Waals surface area contributed by atoms with E-state index in [1.807, 2.05) is 13.8 Å². The number of nitrogens with zero attached hydrogens (tertiary/aromatic N) is 1. The monoisotopic (exact) mass is 243 g/mol. The molecule has 1 heterocycles. The molecular formula is C13H25NO3. The fraction of sp³-hybridized carbons (Fsp3) is 0.923. The smallest absolute Gasteiger partial charge is 0.310 e. The Balaban J connectivity index is 2.21. The number of rotatable bonds is 7. The summed E-state index contributed by atoms with van der Waals surface area (Å²) in [7, 11) is 0. The lowest BCUT2D eigenvalue weighted by molar-refractivity contribution is -0.149. The first-order chi connectivity index (χ1) is 8.27. The van der Waals surface area contributed by atoms with Gasteiger partial charge < -0.3 is 14.4 Å². The number of hydrogen-bond donors (Lipinski definition) is 0. The van der Waals surface area contributed by atoms with Crippen LogP contribution >= 0.6 is 0 Å². The van der Waals surface area contributed by atoms with Crippen LogP contribution in [0.15, 0.2) is 0 Å². The number of carbonyl (C=O) groups is 1. The molecule has 0 bridgehead atoms. The number of ether oxygens (including phenoxy) is 2. The molecule has 0 amide bonds. The predicted octanol–water partition coefficient (Wildman–Crippen LogP) is 1.69. The Labute approximate surface area is 104 Å². The van der Waals surface area contributed by atoms with Crippen LogP contribution in [0.25, 0.3) is 0 Å². The summed E-state index contributed by atoms with van der Waals surface area (Å²) in [5.74, 6) is 0.0535. The third-order valence-electron chi connectivity index (χ3n) is 3.09. The van der Waals surface area contributed by atoms with E-state index in [1.54, 1.807) is 0 Å². The van der Waals surface area contributed by atoms with Crippen molar-refractivity contribution >= 4 is 5.97 Å². The molecule has 0 radical (unpaired) electrons. The summed E-state index contributed by atoms with van der Waals surface area (Å²) in [6.07, 6.45) is 3.11. The van der Waals surface area contributed by atoms with Gasteiger partial charge in [-0.3, -0.25) is 4.79 Å². The van der Waals surface area contributed by atoms with Crippen molar-refractivity contribution in [2.24, 2.45) is 5.92 Å². The zero-order valence-electron chi connectivity index (χ0n) is 11.1. The standard InChI is InChI=1S/C13H25NO3/c1-3-16-10-6-9-14-8-5-7-12(11-14)13(15)17-4-2/h12H,3-11H2,1-2H3/t12-/m1/s1. The van der Waals surface area contributed by atoms with Gasteiger partial charge in [-0.2, -0.15) is 0 Å². The SMILES string of the molecule is CCOCCCN1CCC[C@@H](C(=O)OCC)C1. The second-order valence-corrected chi connectivity index (χ2v) is 4.44. The Morgan fingerprint density at radius 3 is 2.88 bits per heavy atom. The summed E-state index contributed by atoms with van der Waals surface area (Å²) >= 11 is 0. The Hall–Kier alpha value is -0.610. The van der Waals surface area contributed by atoms with Crippen LogP contribution in [0.3, 0.4) is 0 Å². The van der Waals surface area contributed by atoms with Gasteiger partial charge in [-0.15, -0.1) is 0 Å². The molecular weight excluding hydrogens is 218 g/mol. The van der Waals surface area contributed by atoms with E-state index in [1.165, 1.54) is 0 Å². The largest absolute Gasteiger partial charge is 0.466 e. The lowest BCUT2D eigenvalue weighted by atomic mass is 9.98. The molecule has 0 aromatic heterocycles. The van der Waals surface area contributed by atoms with Crippen molar-refractivity contribution in [3.05, 3.63) is 0 Å². The third-order valence-corrected chi connectivity index (χ3v) is 3.09. The van der Waals surface area contributed by atoms with Crippen LogP contribution < -0.4 is 0 Å². The summed E-state index contributed by atoms with van der Waals surface area (Å²) in [6, 6.07) is 0. The molecule has 1 fully saturated rings. The van der Waals surface area contributed by atoms with Gasteiger partial charge in [-0.05, 0) is 39.7 Å². The van der Waals surface area contributed by atoms with Gasteiger partial charge in [0.2, 0.25) is 0 Å². The van der Waals surface area contributed by atoms with Crippen molar-refractivity contribution in [1.82, 2.24) is 4.90 Å². The fourth-order valence-electron chi connectivity index (χ4n) is 2.25. The van der Waals surface area contributed by atoms with E-state index in [0.717, 1.165) is 52.1 Å². The highest BCUT2D eigenvalue weighted by Crippen LogP contribution is 2.17. The average Bonchev–Trinajstić information content (AvgIpc) is 2.35. The van der Waals surface area contributed by atoms with Gasteiger partial charge in [0.15, 0.2) is 0 Å². The average molecular weight is 243 g/mol. The molecule has 1 atom stereocenters. The van der Waals surface area contributed by atoms with E-state index >= 15 is 0 Å². The maximum Gasteiger partial charge on any atom is 0.310 e. The van der Waals surface area contributed by atoms with E-state index in [2.05, 4.69) is 4.90 Å². The molecule has 4 heteroatoms. The number of likely N-dealkylation sites (tertiary alicyclic amines) is 1. The molecule has 1 rings (SSSR count). The molecule has 0 aliphatic carbocycles. The van der Waals surface area contributed by atoms with Gasteiger partial charge >= 0.3 is 5.97 Å². The first-order valence-corrected chi connectivity index (χ1v) is 6.74. The lowest BCUT2D eigenvalue weighted by Gasteiger charge is -2.31. The number of carbonyl (C=O) groups excluding carboxylic acids is 1. The Kier molecular flexibility index (Phi) is 7.21. The first kappa shape index (κ1) is 14.5. The molecule has 0 unspecified atom stereocenters. The normalized spacial score (nSPS) is 21.4. The van der Waals surface area contributed by atoms with E-state index in [-0.39, 0.29) is 11.9 Å². The minimum Gasteiger partial charge on any atom is -0.466 e. The van der Waals surface area contributed by atoms with Gasteiger partial charge in [-0.1, -0.05) is 0 Å². The van der Waals surface area contributed by atoms with Gasteiger partial charge in [0.05, 0.1) is 12.5 Å². The van der Waals surface area contributed by atoms with Crippen LogP contribution in [0.5, 0.6) is 0 Å². The van der Waals surface area contributed by atoms with Gasteiger partial charge in [0.1, 0.15) is 0 Å². The Morgan fingerprint density at radius 2 is 2.18 bits per heavy atom. The molecule has 17 heavy (non-hydrogen) atoms. The zero-order valence-corrected chi connectivity index (χ0v) is 11.1. The van der Waals surface area contributed by atoms with Crippen molar-refractivity contribution in [2.75, 3.05) is 39.5 Å². The molecule has 1 aliphatic heterocycles. The maximum absolute atomic E-state index is 11.6. The molecule has 4 nitrogen and oxygen atoms in total. The Bertz CT molecular complexity index is 221. The Morgan fingerprint density at radius 1 is 1.35 bits per heavy atom. The van der Waals surface area contributed by atoms with Crippen molar-refractivity contribution in [1.29, 1.82) is 0 Å².